The molecule has 106 valence electrons. The van der Waals surface area contributed by atoms with Crippen LogP contribution in [0.15, 0.2) is 0 Å². The van der Waals surface area contributed by atoms with Crippen molar-refractivity contribution in [1.29, 1.82) is 0 Å². The molecule has 0 amide bonds. The first-order valence-electron chi connectivity index (χ1n) is 8.14. The van der Waals surface area contributed by atoms with Crippen LogP contribution >= 0.6 is 0 Å². The van der Waals surface area contributed by atoms with Gasteiger partial charge in [0.05, 0.1) is 0 Å². The number of rotatable bonds is 3. The molecule has 2 unspecified atom stereocenters. The van der Waals surface area contributed by atoms with E-state index in [2.05, 4.69) is 18.9 Å². The molecule has 0 bridgehead atoms. The molecular formula is C16H32N2. The third-order valence-electron chi connectivity index (χ3n) is 5.51. The Kier molecular flexibility index (Phi) is 5.50. The van der Waals surface area contributed by atoms with Crippen LogP contribution in [-0.4, -0.2) is 30.6 Å². The summed E-state index contributed by atoms with van der Waals surface area (Å²) in [5.74, 6) is 1.70. The van der Waals surface area contributed by atoms with E-state index >= 15 is 0 Å². The highest BCUT2D eigenvalue weighted by Gasteiger charge is 2.31. The standard InChI is InChI=1S/C16H32N2/c1-13-8-10-15(11-9-13)18(2)16-7-5-3-4-6-14(16)12-17/h13-16H,3-12,17H2,1-2H3. The molecule has 0 radical (unpaired) electrons. The fourth-order valence-electron chi connectivity index (χ4n) is 4.10. The molecule has 2 aliphatic rings. The van der Waals surface area contributed by atoms with Crippen molar-refractivity contribution in [2.24, 2.45) is 17.6 Å². The summed E-state index contributed by atoms with van der Waals surface area (Å²) < 4.78 is 0. The Morgan fingerprint density at radius 1 is 0.944 bits per heavy atom. The van der Waals surface area contributed by atoms with Gasteiger partial charge in [0.2, 0.25) is 0 Å². The minimum Gasteiger partial charge on any atom is -0.330 e. The summed E-state index contributed by atoms with van der Waals surface area (Å²) in [5.41, 5.74) is 6.03. The molecule has 2 atom stereocenters. The zero-order chi connectivity index (χ0) is 13.0. The van der Waals surface area contributed by atoms with Gasteiger partial charge in [0.25, 0.3) is 0 Å². The maximum Gasteiger partial charge on any atom is 0.0135 e. The van der Waals surface area contributed by atoms with Gasteiger partial charge in [0.15, 0.2) is 0 Å². The van der Waals surface area contributed by atoms with Crippen LogP contribution < -0.4 is 5.73 Å². The van der Waals surface area contributed by atoms with E-state index < -0.39 is 0 Å². The summed E-state index contributed by atoms with van der Waals surface area (Å²) in [5, 5.41) is 0. The highest BCUT2D eigenvalue weighted by molar-refractivity contribution is 4.86. The van der Waals surface area contributed by atoms with Crippen LogP contribution in [0.1, 0.15) is 64.7 Å². The lowest BCUT2D eigenvalue weighted by molar-refractivity contribution is 0.0854. The van der Waals surface area contributed by atoms with Crippen molar-refractivity contribution < 1.29 is 0 Å². The van der Waals surface area contributed by atoms with Gasteiger partial charge in [-0.1, -0.05) is 26.2 Å². The Morgan fingerprint density at radius 3 is 2.28 bits per heavy atom. The molecule has 2 rings (SSSR count). The van der Waals surface area contributed by atoms with Gasteiger partial charge >= 0.3 is 0 Å². The van der Waals surface area contributed by atoms with Crippen molar-refractivity contribution in [1.82, 2.24) is 4.90 Å². The predicted molar refractivity (Wildman–Crippen MR) is 78.6 cm³/mol. The maximum absolute atomic E-state index is 6.03. The van der Waals surface area contributed by atoms with Crippen molar-refractivity contribution in [3.8, 4) is 0 Å². The van der Waals surface area contributed by atoms with E-state index in [1.165, 1.54) is 57.8 Å². The second kappa shape index (κ2) is 6.91. The van der Waals surface area contributed by atoms with Gasteiger partial charge in [0.1, 0.15) is 0 Å². The van der Waals surface area contributed by atoms with Crippen molar-refractivity contribution in [3.63, 3.8) is 0 Å². The van der Waals surface area contributed by atoms with Crippen LogP contribution in [0, 0.1) is 11.8 Å². The summed E-state index contributed by atoms with van der Waals surface area (Å²) in [6.45, 7) is 3.29. The molecule has 2 N–H and O–H groups in total. The van der Waals surface area contributed by atoms with Crippen LogP contribution in [0.25, 0.3) is 0 Å². The fraction of sp³-hybridized carbons (Fsp3) is 1.00. The van der Waals surface area contributed by atoms with Crippen LogP contribution in [0.3, 0.4) is 0 Å². The van der Waals surface area contributed by atoms with E-state index in [1.807, 2.05) is 0 Å². The lowest BCUT2D eigenvalue weighted by atomic mass is 9.84. The van der Waals surface area contributed by atoms with Crippen molar-refractivity contribution in [2.75, 3.05) is 13.6 Å². The monoisotopic (exact) mass is 252 g/mol. The van der Waals surface area contributed by atoms with Crippen molar-refractivity contribution in [3.05, 3.63) is 0 Å². The Hall–Kier alpha value is -0.0800. The zero-order valence-corrected chi connectivity index (χ0v) is 12.4. The van der Waals surface area contributed by atoms with E-state index in [1.54, 1.807) is 0 Å². The molecule has 2 fully saturated rings. The molecule has 0 aromatic carbocycles. The van der Waals surface area contributed by atoms with Crippen LogP contribution in [-0.2, 0) is 0 Å². The molecule has 2 heteroatoms. The minimum atomic E-state index is 0.747. The van der Waals surface area contributed by atoms with Gasteiger partial charge in [-0.3, -0.25) is 0 Å². The average molecular weight is 252 g/mol. The van der Waals surface area contributed by atoms with E-state index in [4.69, 9.17) is 5.73 Å². The van der Waals surface area contributed by atoms with Gasteiger partial charge in [-0.2, -0.15) is 0 Å². The van der Waals surface area contributed by atoms with E-state index in [0.717, 1.165) is 30.5 Å². The molecule has 2 aliphatic carbocycles. The summed E-state index contributed by atoms with van der Waals surface area (Å²) in [4.78, 5) is 2.72. The first kappa shape index (κ1) is 14.3. The summed E-state index contributed by atoms with van der Waals surface area (Å²) in [7, 11) is 2.37. The summed E-state index contributed by atoms with van der Waals surface area (Å²) in [6.07, 6.45) is 12.6. The molecule has 2 nitrogen and oxygen atoms in total. The highest BCUT2D eigenvalue weighted by Crippen LogP contribution is 2.32. The second-order valence-corrected chi connectivity index (χ2v) is 6.78. The van der Waals surface area contributed by atoms with Gasteiger partial charge in [-0.05, 0) is 64.0 Å². The quantitative estimate of drug-likeness (QED) is 0.780. The molecule has 0 aromatic rings. The average Bonchev–Trinajstić information content (AvgIpc) is 2.63. The summed E-state index contributed by atoms with van der Waals surface area (Å²) in [6, 6.07) is 1.59. The molecule has 2 saturated carbocycles. The SMILES string of the molecule is CC1CCC(N(C)C2CCCCCC2CN)CC1. The van der Waals surface area contributed by atoms with Crippen LogP contribution in [0.2, 0.25) is 0 Å². The Balaban J connectivity index is 1.94. The van der Waals surface area contributed by atoms with Crippen LogP contribution in [0.4, 0.5) is 0 Å². The van der Waals surface area contributed by atoms with Crippen molar-refractivity contribution in [2.45, 2.75) is 76.8 Å². The smallest absolute Gasteiger partial charge is 0.0135 e. The first-order chi connectivity index (χ1) is 8.72. The first-order valence-corrected chi connectivity index (χ1v) is 8.14. The highest BCUT2D eigenvalue weighted by atomic mass is 15.2. The lowest BCUT2D eigenvalue weighted by Crippen LogP contribution is -2.47. The van der Waals surface area contributed by atoms with Gasteiger partial charge in [-0.15, -0.1) is 0 Å². The zero-order valence-electron chi connectivity index (χ0n) is 12.4. The molecule has 0 heterocycles. The molecular weight excluding hydrogens is 220 g/mol. The Labute approximate surface area is 113 Å². The van der Waals surface area contributed by atoms with Crippen molar-refractivity contribution >= 4 is 0 Å². The fourth-order valence-corrected chi connectivity index (χ4v) is 4.10. The second-order valence-electron chi connectivity index (χ2n) is 6.78. The number of nitrogens with zero attached hydrogens (tertiary/aromatic N) is 1. The van der Waals surface area contributed by atoms with E-state index in [0.29, 0.717) is 0 Å². The molecule has 0 saturated heterocycles. The minimum absolute atomic E-state index is 0.747. The number of hydrogen-bond donors (Lipinski definition) is 1. The molecule has 0 spiro atoms. The lowest BCUT2D eigenvalue weighted by Gasteiger charge is -2.41. The Bertz CT molecular complexity index is 233. The normalized spacial score (nSPS) is 38.7. The molecule has 0 aromatic heterocycles. The third kappa shape index (κ3) is 3.48. The maximum atomic E-state index is 6.03. The van der Waals surface area contributed by atoms with Gasteiger partial charge in [0, 0.05) is 12.1 Å². The largest absolute Gasteiger partial charge is 0.330 e. The van der Waals surface area contributed by atoms with E-state index in [9.17, 15) is 0 Å². The van der Waals surface area contributed by atoms with Crippen LogP contribution in [0.5, 0.6) is 0 Å². The molecule has 0 aliphatic heterocycles. The van der Waals surface area contributed by atoms with Gasteiger partial charge in [-0.25, -0.2) is 0 Å². The molecule has 18 heavy (non-hydrogen) atoms. The number of hydrogen-bond acceptors (Lipinski definition) is 2. The third-order valence-corrected chi connectivity index (χ3v) is 5.51. The predicted octanol–water partition coefficient (Wildman–Crippen LogP) is 3.40. The Morgan fingerprint density at radius 2 is 1.61 bits per heavy atom. The van der Waals surface area contributed by atoms with Gasteiger partial charge < -0.3 is 10.6 Å². The summed E-state index contributed by atoms with van der Waals surface area (Å²) >= 11 is 0. The topological polar surface area (TPSA) is 29.3 Å². The van der Waals surface area contributed by atoms with E-state index in [-0.39, 0.29) is 0 Å². The number of nitrogens with two attached hydrogens (primary N) is 1.